The third-order valence-electron chi connectivity index (χ3n) is 4.08. The Kier molecular flexibility index (Phi) is 4.70. The predicted molar refractivity (Wildman–Crippen MR) is 106 cm³/mol. The van der Waals surface area contributed by atoms with Gasteiger partial charge in [0.15, 0.2) is 5.82 Å². The number of hydrogen-bond acceptors (Lipinski definition) is 5. The Hall–Kier alpha value is -3.06. The minimum atomic E-state index is 0.694. The van der Waals surface area contributed by atoms with E-state index >= 15 is 0 Å². The zero-order valence-electron chi connectivity index (χ0n) is 14.0. The van der Waals surface area contributed by atoms with Crippen LogP contribution in [0.1, 0.15) is 0 Å². The molecule has 4 aromatic rings. The van der Waals surface area contributed by atoms with Crippen LogP contribution in [-0.2, 0) is 0 Å². The zero-order chi connectivity index (χ0) is 17.8. The summed E-state index contributed by atoms with van der Waals surface area (Å²) in [5.41, 5.74) is 3.84. The van der Waals surface area contributed by atoms with Gasteiger partial charge in [0, 0.05) is 23.5 Å². The van der Waals surface area contributed by atoms with Crippen LogP contribution in [0.4, 0.5) is 11.5 Å². The molecule has 0 amide bonds. The molecule has 2 heterocycles. The summed E-state index contributed by atoms with van der Waals surface area (Å²) in [6, 6.07) is 20.2. The quantitative estimate of drug-likeness (QED) is 0.513. The van der Waals surface area contributed by atoms with Gasteiger partial charge in [-0.15, -0.1) is 0 Å². The predicted octanol–water partition coefficient (Wildman–Crippen LogP) is 3.73. The van der Waals surface area contributed by atoms with Crippen molar-refractivity contribution in [2.75, 3.05) is 17.2 Å². The lowest BCUT2D eigenvalue weighted by Crippen LogP contribution is -2.21. The molecule has 0 radical (unpaired) electrons. The van der Waals surface area contributed by atoms with Gasteiger partial charge in [-0.05, 0) is 12.1 Å². The highest BCUT2D eigenvalue weighted by Crippen LogP contribution is 2.35. The minimum Gasteiger partial charge on any atom is -0.322 e. The molecule has 0 aliphatic rings. The number of H-pyrrole nitrogens is 1. The van der Waals surface area contributed by atoms with E-state index in [4.69, 9.17) is 0 Å². The molecule has 0 saturated carbocycles. The van der Waals surface area contributed by atoms with E-state index in [1.54, 1.807) is 11.0 Å². The summed E-state index contributed by atoms with van der Waals surface area (Å²) in [5, 5.41) is 12.1. The van der Waals surface area contributed by atoms with Crippen molar-refractivity contribution in [3.8, 4) is 16.9 Å². The highest BCUT2D eigenvalue weighted by molar-refractivity contribution is 7.80. The average Bonchev–Trinajstić information content (AvgIpc) is 3.37. The highest BCUT2D eigenvalue weighted by Gasteiger charge is 2.22. The topological polar surface area (TPSA) is 62.6 Å². The molecular weight excluding hydrogens is 344 g/mol. The van der Waals surface area contributed by atoms with E-state index in [1.807, 2.05) is 48.5 Å². The maximum absolute atomic E-state index is 4.62. The van der Waals surface area contributed by atoms with Crippen molar-refractivity contribution in [3.63, 3.8) is 0 Å². The van der Waals surface area contributed by atoms with Gasteiger partial charge in [0.25, 0.3) is 0 Å². The lowest BCUT2D eigenvalue weighted by atomic mass is 10.1. The fourth-order valence-corrected chi connectivity index (χ4v) is 3.13. The molecule has 7 heteroatoms. The highest BCUT2D eigenvalue weighted by atomic mass is 32.1. The first-order valence-corrected chi connectivity index (χ1v) is 8.94. The third-order valence-corrected chi connectivity index (χ3v) is 4.28. The Morgan fingerprint density at radius 1 is 1.00 bits per heavy atom. The van der Waals surface area contributed by atoms with Crippen LogP contribution in [0, 0.1) is 0 Å². The van der Waals surface area contributed by atoms with Gasteiger partial charge in [-0.3, -0.25) is 5.10 Å². The Morgan fingerprint density at radius 3 is 2.38 bits per heavy atom. The lowest BCUT2D eigenvalue weighted by Gasteiger charge is -2.23. The van der Waals surface area contributed by atoms with Gasteiger partial charge in [-0.2, -0.15) is 22.8 Å². The van der Waals surface area contributed by atoms with Crippen LogP contribution in [0.5, 0.6) is 0 Å². The summed E-state index contributed by atoms with van der Waals surface area (Å²) in [6.07, 6.45) is 3.21. The van der Waals surface area contributed by atoms with Crippen molar-refractivity contribution >= 4 is 24.1 Å². The number of rotatable bonds is 6. The van der Waals surface area contributed by atoms with E-state index < -0.39 is 0 Å². The van der Waals surface area contributed by atoms with Crippen LogP contribution in [-0.4, -0.2) is 37.3 Å². The Labute approximate surface area is 156 Å². The molecule has 0 aliphatic carbocycles. The summed E-state index contributed by atoms with van der Waals surface area (Å²) in [5.74, 6) is 1.48. The van der Waals surface area contributed by atoms with Gasteiger partial charge in [0.2, 0.25) is 0 Å². The van der Waals surface area contributed by atoms with E-state index in [0.717, 1.165) is 28.5 Å². The second kappa shape index (κ2) is 7.45. The molecule has 0 bridgehead atoms. The fourth-order valence-electron chi connectivity index (χ4n) is 2.93. The zero-order valence-corrected chi connectivity index (χ0v) is 14.9. The van der Waals surface area contributed by atoms with Gasteiger partial charge in [0.05, 0.1) is 5.69 Å². The molecule has 1 N–H and O–H groups in total. The van der Waals surface area contributed by atoms with Crippen molar-refractivity contribution in [2.24, 2.45) is 0 Å². The van der Waals surface area contributed by atoms with E-state index in [1.165, 1.54) is 6.33 Å². The standard InChI is InChI=1S/C19H18N6S/c26-12-11-24(16-9-5-2-6-10-16)19-18(25-14-20-13-21-25)17(22-23-19)15-7-3-1-4-8-15/h1-10,13-14,26H,11-12H2,(H,22,23). The first-order valence-electron chi connectivity index (χ1n) is 8.30. The van der Waals surface area contributed by atoms with Crippen molar-refractivity contribution in [3.05, 3.63) is 73.3 Å². The Morgan fingerprint density at radius 2 is 1.73 bits per heavy atom. The summed E-state index contributed by atoms with van der Waals surface area (Å²) in [7, 11) is 0. The minimum absolute atomic E-state index is 0.694. The molecule has 0 unspecified atom stereocenters. The molecule has 6 nitrogen and oxygen atoms in total. The van der Waals surface area contributed by atoms with Gasteiger partial charge in [-0.25, -0.2) is 9.67 Å². The molecule has 2 aromatic carbocycles. The summed E-state index contributed by atoms with van der Waals surface area (Å²) >= 11 is 4.43. The first-order chi connectivity index (χ1) is 12.9. The molecule has 130 valence electrons. The molecule has 26 heavy (non-hydrogen) atoms. The SMILES string of the molecule is SCCN(c1ccccc1)c1n[nH]c(-c2ccccc2)c1-n1cncn1. The first kappa shape index (κ1) is 16.4. The van der Waals surface area contributed by atoms with Gasteiger partial charge in [-0.1, -0.05) is 48.5 Å². The number of hydrogen-bond donors (Lipinski definition) is 2. The second-order valence-electron chi connectivity index (χ2n) is 5.69. The van der Waals surface area contributed by atoms with Crippen LogP contribution in [0.2, 0.25) is 0 Å². The normalized spacial score (nSPS) is 10.8. The molecule has 0 atom stereocenters. The van der Waals surface area contributed by atoms with Crippen LogP contribution in [0.15, 0.2) is 73.3 Å². The van der Waals surface area contributed by atoms with Crippen molar-refractivity contribution in [2.45, 2.75) is 0 Å². The smallest absolute Gasteiger partial charge is 0.181 e. The largest absolute Gasteiger partial charge is 0.322 e. The lowest BCUT2D eigenvalue weighted by molar-refractivity contribution is 0.870. The van der Waals surface area contributed by atoms with E-state index in [0.29, 0.717) is 12.3 Å². The summed E-state index contributed by atoms with van der Waals surface area (Å²) in [6.45, 7) is 0.716. The van der Waals surface area contributed by atoms with Crippen LogP contribution in [0.3, 0.4) is 0 Å². The van der Waals surface area contributed by atoms with E-state index in [9.17, 15) is 0 Å². The van der Waals surface area contributed by atoms with E-state index in [-0.39, 0.29) is 0 Å². The van der Waals surface area contributed by atoms with Crippen molar-refractivity contribution in [1.29, 1.82) is 0 Å². The average molecular weight is 362 g/mol. The number of nitrogens with zero attached hydrogens (tertiary/aromatic N) is 5. The van der Waals surface area contributed by atoms with Gasteiger partial charge < -0.3 is 4.90 Å². The molecule has 0 aliphatic heterocycles. The molecule has 0 saturated heterocycles. The number of para-hydroxylation sites is 1. The van der Waals surface area contributed by atoms with Gasteiger partial charge >= 0.3 is 0 Å². The molecule has 2 aromatic heterocycles. The molecule has 0 spiro atoms. The van der Waals surface area contributed by atoms with Crippen LogP contribution >= 0.6 is 12.6 Å². The number of benzene rings is 2. The number of nitrogens with one attached hydrogen (secondary N) is 1. The maximum Gasteiger partial charge on any atom is 0.181 e. The number of aromatic nitrogens is 5. The Bertz CT molecular complexity index is 950. The third kappa shape index (κ3) is 3.09. The monoisotopic (exact) mass is 362 g/mol. The fraction of sp³-hybridized carbons (Fsp3) is 0.105. The van der Waals surface area contributed by atoms with Crippen molar-refractivity contribution in [1.82, 2.24) is 25.0 Å². The number of thiol groups is 1. The second-order valence-corrected chi connectivity index (χ2v) is 6.13. The molecular formula is C19H18N6S. The summed E-state index contributed by atoms with van der Waals surface area (Å²) < 4.78 is 1.75. The number of anilines is 2. The molecule has 0 fully saturated rings. The molecule has 4 rings (SSSR count). The van der Waals surface area contributed by atoms with Crippen LogP contribution in [0.25, 0.3) is 16.9 Å². The maximum atomic E-state index is 4.62. The summed E-state index contributed by atoms with van der Waals surface area (Å²) in [4.78, 5) is 6.24. The Balaban J connectivity index is 1.90. The number of aromatic amines is 1. The van der Waals surface area contributed by atoms with Crippen molar-refractivity contribution < 1.29 is 0 Å². The van der Waals surface area contributed by atoms with E-state index in [2.05, 4.69) is 49.9 Å². The van der Waals surface area contributed by atoms with Gasteiger partial charge in [0.1, 0.15) is 18.3 Å². The van der Waals surface area contributed by atoms with Crippen LogP contribution < -0.4 is 4.90 Å².